The number of anilines is 2. The number of hydrogen-bond acceptors (Lipinski definition) is 10. The van der Waals surface area contributed by atoms with Crippen LogP contribution in [0.3, 0.4) is 0 Å². The summed E-state index contributed by atoms with van der Waals surface area (Å²) in [7, 11) is 3.36. The van der Waals surface area contributed by atoms with Crippen LogP contribution in [0, 0.1) is 10.8 Å². The molecule has 4 aliphatic rings. The highest BCUT2D eigenvalue weighted by Gasteiger charge is 2.33. The summed E-state index contributed by atoms with van der Waals surface area (Å²) >= 11 is 0. The summed E-state index contributed by atoms with van der Waals surface area (Å²) in [6.45, 7) is 6.36. The second-order valence-corrected chi connectivity index (χ2v) is 18.1. The largest absolute Gasteiger partial charge is 0.393 e. The van der Waals surface area contributed by atoms with Crippen molar-refractivity contribution in [1.29, 1.82) is 10.8 Å². The summed E-state index contributed by atoms with van der Waals surface area (Å²) in [5.74, 6) is -0.603. The van der Waals surface area contributed by atoms with E-state index in [0.717, 1.165) is 86.0 Å². The number of aryl methyl sites for hydroxylation is 3. The average Bonchev–Trinajstić information content (AvgIpc) is 3.57. The number of benzene rings is 3. The van der Waals surface area contributed by atoms with Crippen LogP contribution < -0.4 is 31.9 Å². The van der Waals surface area contributed by atoms with Crippen molar-refractivity contribution < 1.29 is 23.2 Å². The number of halogens is 2. The molecule has 67 heavy (non-hydrogen) atoms. The molecule has 8 rings (SSSR count). The lowest BCUT2D eigenvalue weighted by Gasteiger charge is -2.39. The van der Waals surface area contributed by atoms with Crippen molar-refractivity contribution >= 4 is 57.8 Å². The molecule has 2 saturated heterocycles. The Hall–Kier alpha value is -6.62. The van der Waals surface area contributed by atoms with Crippen molar-refractivity contribution in [2.24, 2.45) is 7.05 Å². The van der Waals surface area contributed by atoms with Gasteiger partial charge in [0.15, 0.2) is 0 Å². The molecular weight excluding hydrogens is 857 g/mol. The fourth-order valence-corrected chi connectivity index (χ4v) is 10.0. The molecule has 0 spiro atoms. The number of likely N-dealkylation sites (tertiary alicyclic amines) is 1. The predicted octanol–water partition coefficient (Wildman–Crippen LogP) is 6.00. The second-order valence-electron chi connectivity index (χ2n) is 18.1. The zero-order valence-electron chi connectivity index (χ0n) is 38.5. The molecule has 3 aromatic carbocycles. The number of allylic oxidation sites excluding steroid dienone is 1. The van der Waals surface area contributed by atoms with Crippen molar-refractivity contribution in [1.82, 2.24) is 34.9 Å². The van der Waals surface area contributed by atoms with Gasteiger partial charge in [0.05, 0.1) is 17.6 Å². The zero-order valence-corrected chi connectivity index (χ0v) is 38.5. The smallest absolute Gasteiger partial charge is 0.329 e. The van der Waals surface area contributed by atoms with Gasteiger partial charge in [0.25, 0.3) is 6.43 Å². The van der Waals surface area contributed by atoms with Crippen LogP contribution in [0.1, 0.15) is 92.2 Å². The number of aromatic nitrogens is 2. The van der Waals surface area contributed by atoms with Crippen molar-refractivity contribution in [3.8, 4) is 0 Å². The monoisotopic (exact) mass is 917 g/mol. The summed E-state index contributed by atoms with van der Waals surface area (Å²) in [5.41, 5.74) is 7.93. The first-order valence-electron chi connectivity index (χ1n) is 23.4. The van der Waals surface area contributed by atoms with E-state index in [1.165, 1.54) is 20.8 Å². The highest BCUT2D eigenvalue weighted by Crippen LogP contribution is 2.38. The molecule has 3 amide bonds. The molecule has 6 N–H and O–H groups in total. The van der Waals surface area contributed by atoms with E-state index in [4.69, 9.17) is 5.41 Å². The minimum absolute atomic E-state index is 0.0618. The summed E-state index contributed by atoms with van der Waals surface area (Å²) in [6, 6.07) is 17.0. The van der Waals surface area contributed by atoms with Gasteiger partial charge in [-0.15, -0.1) is 0 Å². The molecule has 15 nitrogen and oxygen atoms in total. The fraction of sp³-hybridized carbons (Fsp3) is 0.440. The molecular formula is C50H61F2N11O4. The molecule has 1 aromatic heterocycles. The van der Waals surface area contributed by atoms with Crippen LogP contribution in [0.5, 0.6) is 0 Å². The molecule has 0 saturated carbocycles. The molecule has 2 fully saturated rings. The summed E-state index contributed by atoms with van der Waals surface area (Å²) in [6.07, 6.45) is 6.22. The predicted molar refractivity (Wildman–Crippen MR) is 258 cm³/mol. The van der Waals surface area contributed by atoms with Gasteiger partial charge in [-0.05, 0) is 104 Å². The van der Waals surface area contributed by atoms with Crippen LogP contribution in [-0.4, -0.2) is 101 Å². The SMILES string of the molecule is CN/C=C(\C=N)c1cc2c(cc1C(F)F)N(C(=N)C1=C(NC3CCN(CCCc4ccc(CNc5ccc6c(c5)n(C)c(=O)n6C5CCC(=O)NC5=O)cc4)CC3)CCN(C(C)=O)C1)CCC2. The van der Waals surface area contributed by atoms with Crippen LogP contribution >= 0.6 is 0 Å². The maximum atomic E-state index is 14.5. The van der Waals surface area contributed by atoms with Crippen molar-refractivity contribution in [2.75, 3.05) is 56.5 Å². The molecule has 4 aromatic rings. The Bertz CT molecular complexity index is 2680. The number of fused-ring (bicyclic) bond motifs is 2. The number of nitrogens with zero attached hydrogens (tertiary/aromatic N) is 5. The Balaban J connectivity index is 0.841. The lowest BCUT2D eigenvalue weighted by molar-refractivity contribution is -0.135. The first-order chi connectivity index (χ1) is 32.3. The number of rotatable bonds is 15. The number of hydrogen-bond donors (Lipinski definition) is 6. The topological polar surface area (TPSA) is 184 Å². The van der Waals surface area contributed by atoms with Crippen molar-refractivity contribution in [2.45, 2.75) is 89.8 Å². The number of carbonyl (C=O) groups excluding carboxylic acids is 3. The number of amides is 3. The van der Waals surface area contributed by atoms with Gasteiger partial charge in [0.1, 0.15) is 11.9 Å². The number of amidine groups is 1. The molecule has 4 aliphatic heterocycles. The summed E-state index contributed by atoms with van der Waals surface area (Å²) in [5, 5.41) is 29.9. The minimum Gasteiger partial charge on any atom is -0.393 e. The molecule has 17 heteroatoms. The normalized spacial score (nSPS) is 18.6. The Morgan fingerprint density at radius 2 is 1.70 bits per heavy atom. The third-order valence-electron chi connectivity index (χ3n) is 13.8. The maximum Gasteiger partial charge on any atom is 0.329 e. The van der Waals surface area contributed by atoms with Gasteiger partial charge in [-0.2, -0.15) is 0 Å². The van der Waals surface area contributed by atoms with Crippen molar-refractivity contribution in [3.05, 3.63) is 110 Å². The quantitative estimate of drug-likeness (QED) is 0.0474. The standard InChI is InChI=1S/C50H61F2N11O4/c1-31(64)61-23-18-41(40(30-61)48(54)62-20-5-7-34-24-38(35(27-53)29-55-2)39(47(51)52)26-44(34)62)57-36-16-21-60(22-17-36)19-4-6-32-8-10-33(11-9-32)28-56-37-12-13-42-45(25-37)59(3)50(67)63(42)43-14-15-46(65)58-49(43)66/h8-13,24-27,29,36,43,47,53-57H,4-7,14-23,28,30H2,1-3H3,(H,58,65,66)/b35-29+,53-27?,54-48?. The lowest BCUT2D eigenvalue weighted by Crippen LogP contribution is -2.48. The molecule has 0 bridgehead atoms. The van der Waals surface area contributed by atoms with Crippen LogP contribution in [0.4, 0.5) is 20.2 Å². The van der Waals surface area contributed by atoms with E-state index >= 15 is 0 Å². The van der Waals surface area contributed by atoms with Gasteiger partial charge in [0.2, 0.25) is 17.7 Å². The van der Waals surface area contributed by atoms with Crippen LogP contribution in [0.25, 0.3) is 16.6 Å². The van der Waals surface area contributed by atoms with E-state index in [0.29, 0.717) is 66.8 Å². The van der Waals surface area contributed by atoms with Crippen molar-refractivity contribution in [3.63, 3.8) is 0 Å². The number of imidazole rings is 1. The van der Waals surface area contributed by atoms with E-state index in [9.17, 15) is 33.4 Å². The van der Waals surface area contributed by atoms with Gasteiger partial charge >= 0.3 is 5.69 Å². The summed E-state index contributed by atoms with van der Waals surface area (Å²) < 4.78 is 32.1. The van der Waals surface area contributed by atoms with E-state index in [-0.39, 0.29) is 47.9 Å². The fourth-order valence-electron chi connectivity index (χ4n) is 10.0. The van der Waals surface area contributed by atoms with Gasteiger partial charge in [-0.1, -0.05) is 24.3 Å². The van der Waals surface area contributed by atoms with E-state index in [2.05, 4.69) is 50.4 Å². The number of imide groups is 1. The lowest BCUT2D eigenvalue weighted by atomic mass is 9.91. The molecule has 0 radical (unpaired) electrons. The van der Waals surface area contributed by atoms with Gasteiger partial charge in [-0.3, -0.25) is 34.2 Å². The number of nitrogens with one attached hydrogen (secondary N) is 6. The van der Waals surface area contributed by atoms with Crippen LogP contribution in [0.15, 0.2) is 76.9 Å². The van der Waals surface area contributed by atoms with E-state index in [1.54, 1.807) is 38.2 Å². The van der Waals surface area contributed by atoms with E-state index in [1.807, 2.05) is 23.1 Å². The Labute approximate surface area is 389 Å². The number of carbonyl (C=O) groups is 3. The highest BCUT2D eigenvalue weighted by molar-refractivity contribution is 6.11. The van der Waals surface area contributed by atoms with Crippen LogP contribution in [-0.2, 0) is 40.8 Å². The van der Waals surface area contributed by atoms with Gasteiger partial charge in [-0.25, -0.2) is 13.6 Å². The zero-order chi connectivity index (χ0) is 47.4. The Morgan fingerprint density at radius 1 is 0.940 bits per heavy atom. The number of piperidine rings is 2. The second kappa shape index (κ2) is 20.5. The average molecular weight is 918 g/mol. The summed E-state index contributed by atoms with van der Waals surface area (Å²) in [4.78, 5) is 56.1. The van der Waals surface area contributed by atoms with Gasteiger partial charge < -0.3 is 36.1 Å². The van der Waals surface area contributed by atoms with Gasteiger partial charge in [0, 0.05) is 119 Å². The Kier molecular flexibility index (Phi) is 14.3. The third kappa shape index (κ3) is 10.2. The van der Waals surface area contributed by atoms with E-state index < -0.39 is 18.4 Å². The molecule has 5 heterocycles. The first-order valence-corrected chi connectivity index (χ1v) is 23.4. The molecule has 1 atom stereocenters. The molecule has 0 aliphatic carbocycles. The Morgan fingerprint density at radius 3 is 2.40 bits per heavy atom. The minimum atomic E-state index is -2.77. The maximum absolute atomic E-state index is 14.5. The molecule has 1 unspecified atom stereocenters. The number of alkyl halides is 2. The first kappa shape index (κ1) is 46.9. The molecule has 354 valence electrons. The van der Waals surface area contributed by atoms with Crippen LogP contribution in [0.2, 0.25) is 0 Å². The third-order valence-corrected chi connectivity index (χ3v) is 13.8. The highest BCUT2D eigenvalue weighted by atomic mass is 19.3.